The zero-order chi connectivity index (χ0) is 13.0. The molecule has 4 heteroatoms. The van der Waals surface area contributed by atoms with Crippen LogP contribution in [-0.2, 0) is 6.54 Å². The monoisotopic (exact) mass is 265 g/mol. The normalized spacial score (nSPS) is 10.2. The van der Waals surface area contributed by atoms with Gasteiger partial charge in [-0.25, -0.2) is 4.39 Å². The van der Waals surface area contributed by atoms with Crippen molar-refractivity contribution < 1.29 is 9.13 Å². The lowest BCUT2D eigenvalue weighted by molar-refractivity contribution is 0.414. The Bertz CT molecular complexity index is 528. The number of halogens is 2. The SMILES string of the molecule is COc1ccc(CNc2ccc(Cl)cc2F)cc1. The molecular weight excluding hydrogens is 253 g/mol. The molecule has 2 aromatic rings. The Labute approximate surface area is 110 Å². The number of methoxy groups -OCH3 is 1. The zero-order valence-corrected chi connectivity index (χ0v) is 10.7. The highest BCUT2D eigenvalue weighted by Crippen LogP contribution is 2.20. The second-order valence-corrected chi connectivity index (χ2v) is 4.26. The molecule has 0 fully saturated rings. The van der Waals surface area contributed by atoms with Crippen molar-refractivity contribution in [1.82, 2.24) is 0 Å². The van der Waals surface area contributed by atoms with Gasteiger partial charge in [0, 0.05) is 11.6 Å². The highest BCUT2D eigenvalue weighted by Gasteiger charge is 2.02. The Kier molecular flexibility index (Phi) is 4.05. The zero-order valence-electron chi connectivity index (χ0n) is 9.91. The van der Waals surface area contributed by atoms with Crippen molar-refractivity contribution in [3.8, 4) is 5.75 Å². The first-order chi connectivity index (χ1) is 8.69. The smallest absolute Gasteiger partial charge is 0.147 e. The minimum Gasteiger partial charge on any atom is -0.497 e. The van der Waals surface area contributed by atoms with Crippen LogP contribution in [0.3, 0.4) is 0 Å². The molecular formula is C14H13ClFNO. The third kappa shape index (κ3) is 3.14. The lowest BCUT2D eigenvalue weighted by Gasteiger charge is -2.08. The van der Waals surface area contributed by atoms with Crippen LogP contribution in [-0.4, -0.2) is 7.11 Å². The largest absolute Gasteiger partial charge is 0.497 e. The maximum atomic E-state index is 13.5. The molecule has 0 spiro atoms. The molecule has 2 nitrogen and oxygen atoms in total. The van der Waals surface area contributed by atoms with E-state index in [1.807, 2.05) is 24.3 Å². The molecule has 0 aliphatic rings. The highest BCUT2D eigenvalue weighted by atomic mass is 35.5. The first kappa shape index (κ1) is 12.7. The van der Waals surface area contributed by atoms with E-state index in [1.165, 1.54) is 6.07 Å². The molecule has 0 atom stereocenters. The molecule has 0 heterocycles. The van der Waals surface area contributed by atoms with Gasteiger partial charge in [0.05, 0.1) is 12.8 Å². The van der Waals surface area contributed by atoms with E-state index in [0.717, 1.165) is 11.3 Å². The fourth-order valence-corrected chi connectivity index (χ4v) is 1.73. The first-order valence-electron chi connectivity index (χ1n) is 5.51. The second kappa shape index (κ2) is 5.74. The van der Waals surface area contributed by atoms with E-state index >= 15 is 0 Å². The van der Waals surface area contributed by atoms with Crippen LogP contribution in [0, 0.1) is 5.82 Å². The van der Waals surface area contributed by atoms with Gasteiger partial charge in [0.2, 0.25) is 0 Å². The van der Waals surface area contributed by atoms with Gasteiger partial charge in [-0.2, -0.15) is 0 Å². The van der Waals surface area contributed by atoms with Crippen LogP contribution in [0.25, 0.3) is 0 Å². The number of rotatable bonds is 4. The van der Waals surface area contributed by atoms with Gasteiger partial charge >= 0.3 is 0 Å². The highest BCUT2D eigenvalue weighted by molar-refractivity contribution is 6.30. The Morgan fingerprint density at radius 2 is 1.89 bits per heavy atom. The predicted octanol–water partition coefficient (Wildman–Crippen LogP) is 4.10. The first-order valence-corrected chi connectivity index (χ1v) is 5.88. The number of hydrogen-bond acceptors (Lipinski definition) is 2. The average molecular weight is 266 g/mol. The Morgan fingerprint density at radius 1 is 1.17 bits per heavy atom. The van der Waals surface area contributed by atoms with Gasteiger partial charge in [-0.3, -0.25) is 0 Å². The summed E-state index contributed by atoms with van der Waals surface area (Å²) < 4.78 is 18.6. The van der Waals surface area contributed by atoms with Crippen molar-refractivity contribution in [3.63, 3.8) is 0 Å². The van der Waals surface area contributed by atoms with Crippen LogP contribution in [0.4, 0.5) is 10.1 Å². The lowest BCUT2D eigenvalue weighted by atomic mass is 10.2. The number of anilines is 1. The van der Waals surface area contributed by atoms with Gasteiger partial charge in [0.15, 0.2) is 0 Å². The maximum absolute atomic E-state index is 13.5. The van der Waals surface area contributed by atoms with E-state index in [2.05, 4.69) is 5.32 Å². The maximum Gasteiger partial charge on any atom is 0.147 e. The molecule has 0 saturated carbocycles. The van der Waals surface area contributed by atoms with E-state index in [0.29, 0.717) is 17.3 Å². The van der Waals surface area contributed by atoms with Crippen molar-refractivity contribution in [2.75, 3.05) is 12.4 Å². The van der Waals surface area contributed by atoms with Crippen molar-refractivity contribution in [1.29, 1.82) is 0 Å². The number of nitrogens with one attached hydrogen (secondary N) is 1. The van der Waals surface area contributed by atoms with Gasteiger partial charge in [0.1, 0.15) is 11.6 Å². The topological polar surface area (TPSA) is 21.3 Å². The number of hydrogen-bond donors (Lipinski definition) is 1. The molecule has 0 aromatic heterocycles. The summed E-state index contributed by atoms with van der Waals surface area (Å²) >= 11 is 5.69. The van der Waals surface area contributed by atoms with E-state index < -0.39 is 0 Å². The van der Waals surface area contributed by atoms with Crippen molar-refractivity contribution >= 4 is 17.3 Å². The second-order valence-electron chi connectivity index (χ2n) is 3.83. The van der Waals surface area contributed by atoms with Gasteiger partial charge in [-0.1, -0.05) is 23.7 Å². The molecule has 2 aromatic carbocycles. The third-order valence-corrected chi connectivity index (χ3v) is 2.81. The molecule has 94 valence electrons. The predicted molar refractivity (Wildman–Crippen MR) is 71.7 cm³/mol. The van der Waals surface area contributed by atoms with Crippen LogP contribution in [0.1, 0.15) is 5.56 Å². The molecule has 0 bridgehead atoms. The Balaban J connectivity index is 2.02. The molecule has 0 aliphatic carbocycles. The third-order valence-electron chi connectivity index (χ3n) is 2.57. The molecule has 2 rings (SSSR count). The molecule has 0 saturated heterocycles. The lowest BCUT2D eigenvalue weighted by Crippen LogP contribution is -2.01. The molecule has 1 N–H and O–H groups in total. The molecule has 0 aliphatic heterocycles. The molecule has 0 unspecified atom stereocenters. The molecule has 18 heavy (non-hydrogen) atoms. The van der Waals surface area contributed by atoms with Gasteiger partial charge in [0.25, 0.3) is 0 Å². The quantitative estimate of drug-likeness (QED) is 0.899. The summed E-state index contributed by atoms with van der Waals surface area (Å²) in [5, 5.41) is 3.41. The van der Waals surface area contributed by atoms with Crippen molar-refractivity contribution in [2.24, 2.45) is 0 Å². The van der Waals surface area contributed by atoms with Crippen LogP contribution >= 0.6 is 11.6 Å². The fourth-order valence-electron chi connectivity index (χ4n) is 1.57. The van der Waals surface area contributed by atoms with E-state index in [-0.39, 0.29) is 5.82 Å². The fraction of sp³-hybridized carbons (Fsp3) is 0.143. The number of ether oxygens (including phenoxy) is 1. The average Bonchev–Trinajstić information content (AvgIpc) is 2.38. The summed E-state index contributed by atoms with van der Waals surface area (Å²) in [5.41, 5.74) is 1.49. The van der Waals surface area contributed by atoms with Gasteiger partial charge in [-0.05, 0) is 35.9 Å². The summed E-state index contributed by atoms with van der Waals surface area (Å²) in [4.78, 5) is 0. The molecule has 0 amide bonds. The summed E-state index contributed by atoms with van der Waals surface area (Å²) in [6.07, 6.45) is 0. The van der Waals surface area contributed by atoms with Crippen LogP contribution < -0.4 is 10.1 Å². The van der Waals surface area contributed by atoms with E-state index in [9.17, 15) is 4.39 Å². The van der Waals surface area contributed by atoms with E-state index in [4.69, 9.17) is 16.3 Å². The Morgan fingerprint density at radius 3 is 2.50 bits per heavy atom. The number of benzene rings is 2. The standard InChI is InChI=1S/C14H13ClFNO/c1-18-12-5-2-10(3-6-12)9-17-14-7-4-11(15)8-13(14)16/h2-8,17H,9H2,1H3. The van der Waals surface area contributed by atoms with E-state index in [1.54, 1.807) is 19.2 Å². The van der Waals surface area contributed by atoms with Crippen molar-refractivity contribution in [3.05, 3.63) is 58.9 Å². The van der Waals surface area contributed by atoms with Crippen LogP contribution in [0.5, 0.6) is 5.75 Å². The Hall–Kier alpha value is -1.74. The van der Waals surface area contributed by atoms with Crippen molar-refractivity contribution in [2.45, 2.75) is 6.54 Å². The summed E-state index contributed by atoms with van der Waals surface area (Å²) in [7, 11) is 1.62. The van der Waals surface area contributed by atoms with Gasteiger partial charge < -0.3 is 10.1 Å². The summed E-state index contributed by atoms with van der Waals surface area (Å²) in [6.45, 7) is 0.544. The minimum absolute atomic E-state index is 0.351. The summed E-state index contributed by atoms with van der Waals surface area (Å²) in [6, 6.07) is 12.2. The summed E-state index contributed by atoms with van der Waals surface area (Å²) in [5.74, 6) is 0.451. The van der Waals surface area contributed by atoms with Crippen LogP contribution in [0.2, 0.25) is 5.02 Å². The minimum atomic E-state index is -0.351. The van der Waals surface area contributed by atoms with Crippen LogP contribution in [0.15, 0.2) is 42.5 Å². The molecule has 0 radical (unpaired) electrons. The van der Waals surface area contributed by atoms with Gasteiger partial charge in [-0.15, -0.1) is 0 Å².